The largest absolute Gasteiger partial charge is 0.391 e. The second-order valence-electron chi connectivity index (χ2n) is 9.23. The summed E-state index contributed by atoms with van der Waals surface area (Å²) in [7, 11) is 0. The fraction of sp³-hybridized carbons (Fsp3) is 0.577. The number of esters is 2. The van der Waals surface area contributed by atoms with E-state index in [0.29, 0.717) is 37.7 Å². The maximum absolute atomic E-state index is 12.8. The molecule has 2 rings (SSSR count). The Bertz CT molecular complexity index is 964. The minimum absolute atomic E-state index is 0.0406. The summed E-state index contributed by atoms with van der Waals surface area (Å²) < 4.78 is 5.11. The van der Waals surface area contributed by atoms with Crippen LogP contribution in [0.1, 0.15) is 32.3 Å². The number of thiol groups is 1. The van der Waals surface area contributed by atoms with Crippen molar-refractivity contribution < 1.29 is 14.3 Å². The monoisotopic (exact) mass is 535 g/mol. The molecule has 1 aromatic heterocycles. The van der Waals surface area contributed by atoms with Crippen LogP contribution >= 0.6 is 24.4 Å². The van der Waals surface area contributed by atoms with Gasteiger partial charge in [0, 0.05) is 49.1 Å². The number of benzene rings is 1. The number of nitrogens with zero attached hydrogens (tertiary/aromatic N) is 2. The van der Waals surface area contributed by atoms with Gasteiger partial charge in [0.25, 0.3) is 0 Å². The maximum Gasteiger partial charge on any atom is 0.330 e. The van der Waals surface area contributed by atoms with Crippen molar-refractivity contribution in [2.45, 2.75) is 51.4 Å². The Balaban J connectivity index is 2.18. The van der Waals surface area contributed by atoms with E-state index in [2.05, 4.69) is 42.8 Å². The number of carbonyl (C=O) groups excluding carboxylic acids is 2. The average molecular weight is 536 g/mol. The molecule has 0 fully saturated rings. The molecule has 0 aliphatic carbocycles. The molecule has 8 nitrogen and oxygen atoms in total. The van der Waals surface area contributed by atoms with Crippen molar-refractivity contribution in [2.75, 3.05) is 37.4 Å². The number of hydrogen-bond acceptors (Lipinski definition) is 10. The van der Waals surface area contributed by atoms with E-state index in [9.17, 15) is 9.59 Å². The molecule has 200 valence electrons. The van der Waals surface area contributed by atoms with E-state index in [4.69, 9.17) is 16.2 Å². The lowest BCUT2D eigenvalue weighted by molar-refractivity contribution is -0.161. The van der Waals surface area contributed by atoms with Gasteiger partial charge < -0.3 is 21.5 Å². The Morgan fingerprint density at radius 3 is 2.72 bits per heavy atom. The third-order valence-corrected chi connectivity index (χ3v) is 7.33. The Morgan fingerprint density at radius 2 is 2.03 bits per heavy atom. The number of para-hydroxylation sites is 1. The first-order chi connectivity index (χ1) is 17.3. The lowest BCUT2D eigenvalue weighted by Gasteiger charge is -2.31. The van der Waals surface area contributed by atoms with Crippen LogP contribution < -0.4 is 16.8 Å². The molecule has 1 heterocycles. The van der Waals surface area contributed by atoms with Crippen LogP contribution in [0.15, 0.2) is 36.5 Å². The molecule has 0 radical (unpaired) electrons. The molecule has 4 atom stereocenters. The highest BCUT2D eigenvalue weighted by Crippen LogP contribution is 2.16. The average Bonchev–Trinajstić information content (AvgIpc) is 2.88. The molecule has 0 aliphatic rings. The Kier molecular flexibility index (Phi) is 13.8. The number of aromatic nitrogens is 1. The van der Waals surface area contributed by atoms with Gasteiger partial charge in [-0.1, -0.05) is 38.5 Å². The van der Waals surface area contributed by atoms with Crippen LogP contribution in [-0.2, 0) is 20.9 Å². The summed E-state index contributed by atoms with van der Waals surface area (Å²) in [4.78, 5) is 31.6. The molecule has 0 spiro atoms. The second kappa shape index (κ2) is 16.2. The highest BCUT2D eigenvalue weighted by Gasteiger charge is 2.24. The molecule has 0 bridgehead atoms. The molecular weight excluding hydrogens is 494 g/mol. The summed E-state index contributed by atoms with van der Waals surface area (Å²) >= 11 is 5.88. The minimum Gasteiger partial charge on any atom is -0.391 e. The summed E-state index contributed by atoms with van der Waals surface area (Å²) in [6.45, 7) is 5.94. The van der Waals surface area contributed by atoms with E-state index in [1.807, 2.05) is 41.6 Å². The zero-order valence-electron chi connectivity index (χ0n) is 21.6. The van der Waals surface area contributed by atoms with Crippen LogP contribution in [0, 0.1) is 5.92 Å². The van der Waals surface area contributed by atoms with Crippen LogP contribution in [-0.4, -0.2) is 77.3 Å². The Morgan fingerprint density at radius 1 is 1.28 bits per heavy atom. The number of carbonyl (C=O) groups is 2. The molecule has 0 saturated heterocycles. The molecule has 5 N–H and O–H groups in total. The smallest absolute Gasteiger partial charge is 0.330 e. The number of hydrogen-bond donors (Lipinski definition) is 4. The van der Waals surface area contributed by atoms with Gasteiger partial charge in [0.1, 0.15) is 6.04 Å². The summed E-state index contributed by atoms with van der Waals surface area (Å²) in [5, 5.41) is 4.58. The minimum atomic E-state index is -0.809. The number of nitrogens with two attached hydrogens (primary N) is 2. The van der Waals surface area contributed by atoms with Crippen molar-refractivity contribution in [1.82, 2.24) is 15.2 Å². The number of rotatable bonds is 16. The van der Waals surface area contributed by atoms with Gasteiger partial charge in [0.2, 0.25) is 0 Å². The molecule has 0 amide bonds. The van der Waals surface area contributed by atoms with Crippen molar-refractivity contribution in [3.63, 3.8) is 0 Å². The van der Waals surface area contributed by atoms with Gasteiger partial charge in [-0.05, 0) is 42.0 Å². The van der Waals surface area contributed by atoms with Crippen molar-refractivity contribution in [1.29, 1.82) is 0 Å². The van der Waals surface area contributed by atoms with E-state index in [1.54, 1.807) is 11.8 Å². The van der Waals surface area contributed by atoms with Gasteiger partial charge >= 0.3 is 11.9 Å². The van der Waals surface area contributed by atoms with Gasteiger partial charge in [-0.15, -0.1) is 0 Å². The van der Waals surface area contributed by atoms with Gasteiger partial charge in [-0.25, -0.2) is 4.79 Å². The number of pyridine rings is 1. The predicted molar refractivity (Wildman–Crippen MR) is 152 cm³/mol. The van der Waals surface area contributed by atoms with Gasteiger partial charge in [0.15, 0.2) is 0 Å². The summed E-state index contributed by atoms with van der Waals surface area (Å²) in [6.07, 6.45) is 5.19. The van der Waals surface area contributed by atoms with E-state index in [0.717, 1.165) is 28.6 Å². The fourth-order valence-corrected chi connectivity index (χ4v) is 4.41. The van der Waals surface area contributed by atoms with Crippen LogP contribution in [0.2, 0.25) is 0 Å². The second-order valence-corrected chi connectivity index (χ2v) is 10.6. The quantitative estimate of drug-likeness (QED) is 0.146. The zero-order chi connectivity index (χ0) is 26.5. The molecule has 2 aromatic rings. The van der Waals surface area contributed by atoms with Crippen LogP contribution in [0.25, 0.3) is 10.9 Å². The lowest BCUT2D eigenvalue weighted by Crippen LogP contribution is -2.50. The van der Waals surface area contributed by atoms with E-state index in [1.165, 1.54) is 0 Å². The number of ether oxygens (including phenoxy) is 1. The van der Waals surface area contributed by atoms with E-state index < -0.39 is 18.0 Å². The SMILES string of the molecule is CCC(C)C(CN(CC(=O)OC(=O)[C@@H](N)CCSC)Cc1cnc2ccccc2c1)NC[C@@H](N)CS. The molecule has 2 unspecified atom stereocenters. The van der Waals surface area contributed by atoms with Gasteiger partial charge in [0.05, 0.1) is 12.1 Å². The molecule has 1 aromatic carbocycles. The van der Waals surface area contributed by atoms with Crippen molar-refractivity contribution >= 4 is 47.2 Å². The lowest BCUT2D eigenvalue weighted by atomic mass is 9.98. The summed E-state index contributed by atoms with van der Waals surface area (Å²) in [5.41, 5.74) is 13.9. The predicted octanol–water partition coefficient (Wildman–Crippen LogP) is 2.45. The van der Waals surface area contributed by atoms with E-state index in [-0.39, 0.29) is 18.6 Å². The molecule has 36 heavy (non-hydrogen) atoms. The highest BCUT2D eigenvalue weighted by molar-refractivity contribution is 7.98. The van der Waals surface area contributed by atoms with Gasteiger partial charge in [-0.3, -0.25) is 14.7 Å². The number of nitrogens with one attached hydrogen (secondary N) is 1. The van der Waals surface area contributed by atoms with Crippen LogP contribution in [0.3, 0.4) is 0 Å². The standard InChI is InChI=1S/C26H41N5O3S2/c1-4-18(2)24(30-13-21(27)17-35)15-31(16-25(32)34-26(33)22(28)9-10-36-3)14-19-11-20-7-5-6-8-23(20)29-12-19/h5-8,11-12,18,21-22,24,30,35H,4,9-10,13-17,27-28H2,1-3H3/t18?,21-,22+,24?/m1/s1. The first-order valence-corrected chi connectivity index (χ1v) is 14.4. The third kappa shape index (κ3) is 10.4. The molecule has 0 saturated carbocycles. The normalized spacial score (nSPS) is 15.0. The van der Waals surface area contributed by atoms with Crippen molar-refractivity contribution in [3.8, 4) is 0 Å². The van der Waals surface area contributed by atoms with Crippen molar-refractivity contribution in [2.24, 2.45) is 17.4 Å². The van der Waals surface area contributed by atoms with E-state index >= 15 is 0 Å². The summed E-state index contributed by atoms with van der Waals surface area (Å²) in [6, 6.07) is 9.20. The van der Waals surface area contributed by atoms with Gasteiger partial charge in [-0.2, -0.15) is 24.4 Å². The third-order valence-electron chi connectivity index (χ3n) is 6.22. The first-order valence-electron chi connectivity index (χ1n) is 12.4. The Hall–Kier alpha value is -1.69. The zero-order valence-corrected chi connectivity index (χ0v) is 23.3. The number of thioether (sulfide) groups is 1. The first kappa shape index (κ1) is 30.5. The van der Waals surface area contributed by atoms with Crippen LogP contribution in [0.4, 0.5) is 0 Å². The molecular formula is C26H41N5O3S2. The highest BCUT2D eigenvalue weighted by atomic mass is 32.2. The summed E-state index contributed by atoms with van der Waals surface area (Å²) in [5.74, 6) is 0.355. The Labute approximate surface area is 224 Å². The molecule has 0 aliphatic heterocycles. The topological polar surface area (TPSA) is 124 Å². The van der Waals surface area contributed by atoms with Crippen LogP contribution in [0.5, 0.6) is 0 Å². The molecule has 10 heteroatoms. The number of fused-ring (bicyclic) bond motifs is 1. The fourth-order valence-electron chi connectivity index (χ4n) is 3.79. The maximum atomic E-state index is 12.8. The van der Waals surface area contributed by atoms with Crippen molar-refractivity contribution in [3.05, 3.63) is 42.1 Å².